The summed E-state index contributed by atoms with van der Waals surface area (Å²) in [6.45, 7) is 10.6. The molecule has 0 spiro atoms. The van der Waals surface area contributed by atoms with E-state index in [-0.39, 0.29) is 11.5 Å². The molecule has 0 bridgehead atoms. The number of carbonyl (C=O) groups excluding carboxylic acids is 1. The quantitative estimate of drug-likeness (QED) is 0.510. The van der Waals surface area contributed by atoms with Crippen molar-refractivity contribution in [3.8, 4) is 0 Å². The Labute approximate surface area is 192 Å². The molecule has 0 radical (unpaired) electrons. The third kappa shape index (κ3) is 4.28. The number of aromatic nitrogens is 2. The van der Waals surface area contributed by atoms with E-state index in [2.05, 4.69) is 25.7 Å². The zero-order chi connectivity index (χ0) is 22.3. The highest BCUT2D eigenvalue weighted by molar-refractivity contribution is 8.26. The van der Waals surface area contributed by atoms with Gasteiger partial charge in [-0.05, 0) is 49.3 Å². The number of amides is 1. The van der Waals surface area contributed by atoms with E-state index >= 15 is 0 Å². The SMILES string of the molecule is Cc1cccn2c(=O)c(/C=C3/SC(=S)N(CC(C)C)C3=O)c(N3CCC(C)CC3)nc12. The average Bonchev–Trinajstić information content (AvgIpc) is 2.98. The van der Waals surface area contributed by atoms with Crippen LogP contribution >= 0.6 is 24.0 Å². The molecule has 4 heterocycles. The van der Waals surface area contributed by atoms with Crippen LogP contribution in [0.1, 0.15) is 44.7 Å². The van der Waals surface area contributed by atoms with Gasteiger partial charge in [0, 0.05) is 25.8 Å². The summed E-state index contributed by atoms with van der Waals surface area (Å²) in [6, 6.07) is 3.81. The summed E-state index contributed by atoms with van der Waals surface area (Å²) in [7, 11) is 0. The molecular formula is C23H28N4O2S2. The van der Waals surface area contributed by atoms with Crippen LogP contribution in [0.15, 0.2) is 28.0 Å². The summed E-state index contributed by atoms with van der Waals surface area (Å²) in [5.41, 5.74) is 1.91. The largest absolute Gasteiger partial charge is 0.356 e. The van der Waals surface area contributed by atoms with E-state index in [4.69, 9.17) is 17.2 Å². The molecule has 0 atom stereocenters. The first-order valence-corrected chi connectivity index (χ1v) is 12.0. The minimum absolute atomic E-state index is 0.129. The number of aryl methyl sites for hydroxylation is 1. The molecule has 4 rings (SSSR count). The predicted octanol–water partition coefficient (Wildman–Crippen LogP) is 4.10. The third-order valence-electron chi connectivity index (χ3n) is 5.84. The predicted molar refractivity (Wildman–Crippen MR) is 132 cm³/mol. The zero-order valence-electron chi connectivity index (χ0n) is 18.4. The number of nitrogens with zero attached hydrogens (tertiary/aromatic N) is 4. The lowest BCUT2D eigenvalue weighted by atomic mass is 9.99. The molecule has 6 nitrogen and oxygen atoms in total. The number of pyridine rings is 1. The molecule has 0 saturated carbocycles. The zero-order valence-corrected chi connectivity index (χ0v) is 20.1. The van der Waals surface area contributed by atoms with Crippen LogP contribution in [0.25, 0.3) is 11.7 Å². The maximum atomic E-state index is 13.5. The molecule has 2 aliphatic heterocycles. The van der Waals surface area contributed by atoms with Crippen LogP contribution < -0.4 is 10.5 Å². The summed E-state index contributed by atoms with van der Waals surface area (Å²) in [5.74, 6) is 1.51. The minimum Gasteiger partial charge on any atom is -0.356 e. The van der Waals surface area contributed by atoms with Gasteiger partial charge in [-0.3, -0.25) is 18.9 Å². The molecule has 8 heteroatoms. The van der Waals surface area contributed by atoms with E-state index in [9.17, 15) is 9.59 Å². The van der Waals surface area contributed by atoms with Crippen LogP contribution in [0.4, 0.5) is 5.82 Å². The fourth-order valence-corrected chi connectivity index (χ4v) is 5.30. The second kappa shape index (κ2) is 8.74. The Hall–Kier alpha value is -2.19. The van der Waals surface area contributed by atoms with E-state index in [1.807, 2.05) is 19.1 Å². The summed E-state index contributed by atoms with van der Waals surface area (Å²) >= 11 is 6.71. The monoisotopic (exact) mass is 456 g/mol. The molecule has 0 N–H and O–H groups in total. The molecule has 1 amide bonds. The summed E-state index contributed by atoms with van der Waals surface area (Å²) in [5, 5.41) is 0. The third-order valence-corrected chi connectivity index (χ3v) is 7.22. The van der Waals surface area contributed by atoms with Crippen LogP contribution in [0.3, 0.4) is 0 Å². The Morgan fingerprint density at radius 3 is 2.68 bits per heavy atom. The van der Waals surface area contributed by atoms with Crippen molar-refractivity contribution < 1.29 is 4.79 Å². The summed E-state index contributed by atoms with van der Waals surface area (Å²) in [4.78, 5) is 35.8. The van der Waals surface area contributed by atoms with Gasteiger partial charge in [-0.2, -0.15) is 0 Å². The molecule has 2 aliphatic rings. The summed E-state index contributed by atoms with van der Waals surface area (Å²) < 4.78 is 2.12. The molecular weight excluding hydrogens is 428 g/mol. The van der Waals surface area contributed by atoms with Crippen molar-refractivity contribution in [2.24, 2.45) is 11.8 Å². The maximum absolute atomic E-state index is 13.5. The lowest BCUT2D eigenvalue weighted by molar-refractivity contribution is -0.122. The lowest BCUT2D eigenvalue weighted by Crippen LogP contribution is -2.36. The van der Waals surface area contributed by atoms with Crippen molar-refractivity contribution in [1.29, 1.82) is 0 Å². The fourth-order valence-electron chi connectivity index (χ4n) is 4.04. The van der Waals surface area contributed by atoms with E-state index in [1.165, 1.54) is 11.8 Å². The van der Waals surface area contributed by atoms with Crippen molar-refractivity contribution >= 4 is 51.7 Å². The van der Waals surface area contributed by atoms with Crippen molar-refractivity contribution in [3.63, 3.8) is 0 Å². The number of anilines is 1. The molecule has 0 aromatic carbocycles. The number of rotatable bonds is 4. The van der Waals surface area contributed by atoms with Crippen molar-refractivity contribution in [2.75, 3.05) is 24.5 Å². The Morgan fingerprint density at radius 2 is 2.00 bits per heavy atom. The molecule has 0 aliphatic carbocycles. The molecule has 0 unspecified atom stereocenters. The van der Waals surface area contributed by atoms with Gasteiger partial charge in [0.1, 0.15) is 15.8 Å². The van der Waals surface area contributed by atoms with E-state index < -0.39 is 0 Å². The van der Waals surface area contributed by atoms with Gasteiger partial charge in [0.2, 0.25) is 0 Å². The Kier molecular flexibility index (Phi) is 6.21. The van der Waals surface area contributed by atoms with Gasteiger partial charge in [-0.1, -0.05) is 50.8 Å². The fraction of sp³-hybridized carbons (Fsp3) is 0.478. The molecule has 31 heavy (non-hydrogen) atoms. The molecule has 2 aromatic rings. The Balaban J connectivity index is 1.85. The molecule has 2 aromatic heterocycles. The van der Waals surface area contributed by atoms with Crippen LogP contribution in [0, 0.1) is 18.8 Å². The first kappa shape index (κ1) is 22.0. The number of thioether (sulfide) groups is 1. The number of hydrogen-bond donors (Lipinski definition) is 0. The highest BCUT2D eigenvalue weighted by Crippen LogP contribution is 2.34. The summed E-state index contributed by atoms with van der Waals surface area (Å²) in [6.07, 6.45) is 5.56. The molecule has 2 fully saturated rings. The van der Waals surface area contributed by atoms with Crippen molar-refractivity contribution in [2.45, 2.75) is 40.5 Å². The number of hydrogen-bond acceptors (Lipinski definition) is 6. The van der Waals surface area contributed by atoms with Crippen LogP contribution in [0.2, 0.25) is 0 Å². The average molecular weight is 457 g/mol. The lowest BCUT2D eigenvalue weighted by Gasteiger charge is -2.32. The van der Waals surface area contributed by atoms with Gasteiger partial charge in [-0.15, -0.1) is 0 Å². The number of thiocarbonyl (C=S) groups is 1. The van der Waals surface area contributed by atoms with Gasteiger partial charge in [0.15, 0.2) is 0 Å². The first-order valence-electron chi connectivity index (χ1n) is 10.8. The first-order chi connectivity index (χ1) is 14.8. The van der Waals surface area contributed by atoms with Crippen LogP contribution in [0.5, 0.6) is 0 Å². The minimum atomic E-state index is -0.156. The molecule has 2 saturated heterocycles. The van der Waals surface area contributed by atoms with Gasteiger partial charge in [0.05, 0.1) is 10.5 Å². The van der Waals surface area contributed by atoms with Gasteiger partial charge in [0.25, 0.3) is 11.5 Å². The topological polar surface area (TPSA) is 57.9 Å². The van der Waals surface area contributed by atoms with Gasteiger partial charge in [-0.25, -0.2) is 4.98 Å². The van der Waals surface area contributed by atoms with Crippen molar-refractivity contribution in [1.82, 2.24) is 14.3 Å². The highest BCUT2D eigenvalue weighted by atomic mass is 32.2. The second-order valence-corrected chi connectivity index (χ2v) is 10.6. The maximum Gasteiger partial charge on any atom is 0.267 e. The standard InChI is InChI=1S/C23H28N4O2S2/c1-14(2)13-27-22(29)18(31-23(27)30)12-17-20(25-10-7-15(3)8-11-25)24-19-16(4)6-5-9-26(19)21(17)28/h5-6,9,12,14-15H,7-8,10-11,13H2,1-4H3/b18-12+. The molecule has 164 valence electrons. The number of piperidine rings is 1. The van der Waals surface area contributed by atoms with Gasteiger partial charge >= 0.3 is 0 Å². The van der Waals surface area contributed by atoms with Crippen molar-refractivity contribution in [3.05, 3.63) is 44.7 Å². The number of carbonyl (C=O) groups is 1. The van der Waals surface area contributed by atoms with E-state index in [0.29, 0.717) is 44.6 Å². The van der Waals surface area contributed by atoms with E-state index in [0.717, 1.165) is 31.5 Å². The van der Waals surface area contributed by atoms with Crippen LogP contribution in [-0.2, 0) is 4.79 Å². The smallest absolute Gasteiger partial charge is 0.267 e. The number of fused-ring (bicyclic) bond motifs is 1. The second-order valence-electron chi connectivity index (χ2n) is 8.89. The normalized spacial score (nSPS) is 19.5. The van der Waals surface area contributed by atoms with E-state index in [1.54, 1.807) is 21.6 Å². The Bertz CT molecular complexity index is 1130. The Morgan fingerprint density at radius 1 is 1.29 bits per heavy atom. The van der Waals surface area contributed by atoms with Crippen LogP contribution in [-0.4, -0.2) is 44.1 Å². The highest BCUT2D eigenvalue weighted by Gasteiger charge is 2.33. The van der Waals surface area contributed by atoms with Gasteiger partial charge < -0.3 is 4.90 Å².